The lowest BCUT2D eigenvalue weighted by atomic mass is 10.3. The Hall–Kier alpha value is -2.47. The summed E-state index contributed by atoms with van der Waals surface area (Å²) in [6, 6.07) is 7.66. The number of likely N-dealkylation sites (N-methyl/N-ethyl adjacent to an activating group) is 1. The lowest BCUT2D eigenvalue weighted by molar-refractivity contribution is -0.131. The summed E-state index contributed by atoms with van der Waals surface area (Å²) < 4.78 is 1.63. The molecule has 0 saturated carbocycles. The maximum atomic E-state index is 12.4. The van der Waals surface area contributed by atoms with Gasteiger partial charge in [-0.05, 0) is 26.0 Å². The van der Waals surface area contributed by atoms with E-state index in [1.165, 1.54) is 0 Å². The number of carbonyl (C=O) groups is 1. The zero-order valence-corrected chi connectivity index (χ0v) is 14.6. The van der Waals surface area contributed by atoms with E-state index in [2.05, 4.69) is 15.1 Å². The predicted molar refractivity (Wildman–Crippen MR) is 92.7 cm³/mol. The van der Waals surface area contributed by atoms with Crippen molar-refractivity contribution < 1.29 is 4.79 Å². The summed E-state index contributed by atoms with van der Waals surface area (Å²) in [5, 5.41) is 4.89. The Morgan fingerprint density at radius 2 is 1.96 bits per heavy atom. The van der Waals surface area contributed by atoms with E-state index in [-0.39, 0.29) is 12.5 Å². The molecule has 6 nitrogen and oxygen atoms in total. The molecule has 0 atom stereocenters. The van der Waals surface area contributed by atoms with E-state index in [9.17, 15) is 4.79 Å². The smallest absolute Gasteiger partial charge is 0.244 e. The van der Waals surface area contributed by atoms with E-state index in [0.717, 1.165) is 28.1 Å². The minimum atomic E-state index is -0.0628. The number of benzene rings is 1. The summed E-state index contributed by atoms with van der Waals surface area (Å²) >= 11 is 6.12. The molecule has 0 N–H and O–H groups in total. The fourth-order valence-corrected chi connectivity index (χ4v) is 2.62. The number of hydrogen-bond acceptors (Lipinski definition) is 4. The molecule has 0 unspecified atom stereocenters. The van der Waals surface area contributed by atoms with Crippen LogP contribution in [0.2, 0.25) is 5.02 Å². The van der Waals surface area contributed by atoms with E-state index in [1.54, 1.807) is 22.8 Å². The molecule has 0 spiro atoms. The molecule has 24 heavy (non-hydrogen) atoms. The number of nitrogens with zero attached hydrogens (tertiary/aromatic N) is 5. The van der Waals surface area contributed by atoms with E-state index in [1.807, 2.05) is 38.1 Å². The normalized spacial score (nSPS) is 11.0. The van der Waals surface area contributed by atoms with Crippen LogP contribution in [-0.4, -0.2) is 37.6 Å². The van der Waals surface area contributed by atoms with Gasteiger partial charge >= 0.3 is 0 Å². The van der Waals surface area contributed by atoms with Gasteiger partial charge in [-0.3, -0.25) is 14.5 Å². The fourth-order valence-electron chi connectivity index (χ4n) is 2.48. The summed E-state index contributed by atoms with van der Waals surface area (Å²) in [5.74, 6) is -0.0628. The average molecular weight is 344 g/mol. The largest absolute Gasteiger partial charge is 0.338 e. The van der Waals surface area contributed by atoms with Crippen molar-refractivity contribution in [1.82, 2.24) is 24.6 Å². The summed E-state index contributed by atoms with van der Waals surface area (Å²) in [4.78, 5) is 23.0. The molecule has 0 fully saturated rings. The van der Waals surface area contributed by atoms with Crippen LogP contribution in [0.4, 0.5) is 0 Å². The maximum Gasteiger partial charge on any atom is 0.244 e. The monoisotopic (exact) mass is 343 g/mol. The van der Waals surface area contributed by atoms with Crippen LogP contribution in [0.5, 0.6) is 0 Å². The van der Waals surface area contributed by atoms with Crippen molar-refractivity contribution >= 4 is 28.5 Å². The van der Waals surface area contributed by atoms with E-state index in [0.29, 0.717) is 11.6 Å². The van der Waals surface area contributed by atoms with Gasteiger partial charge in [0, 0.05) is 7.05 Å². The Balaban J connectivity index is 1.72. The molecule has 3 rings (SSSR count). The SMILES string of the molecule is Cc1nn(CC(=O)N(C)Cc2cnc3ccccc3n2)c(C)c1Cl. The first-order valence-electron chi connectivity index (χ1n) is 7.60. The number of hydrogen-bond donors (Lipinski definition) is 0. The lowest BCUT2D eigenvalue weighted by Crippen LogP contribution is -2.30. The number of halogens is 1. The van der Waals surface area contributed by atoms with Gasteiger partial charge in [-0.15, -0.1) is 0 Å². The molecule has 0 saturated heterocycles. The molecule has 2 aromatic heterocycles. The number of carbonyl (C=O) groups excluding carboxylic acids is 1. The first-order valence-corrected chi connectivity index (χ1v) is 7.97. The lowest BCUT2D eigenvalue weighted by Gasteiger charge is -2.17. The van der Waals surface area contributed by atoms with Crippen LogP contribution in [0.15, 0.2) is 30.5 Å². The van der Waals surface area contributed by atoms with E-state index >= 15 is 0 Å². The minimum absolute atomic E-state index is 0.0628. The minimum Gasteiger partial charge on any atom is -0.338 e. The van der Waals surface area contributed by atoms with Gasteiger partial charge in [0.1, 0.15) is 6.54 Å². The second kappa shape index (κ2) is 6.57. The molecule has 0 bridgehead atoms. The molecule has 0 aliphatic heterocycles. The number of aryl methyl sites for hydroxylation is 1. The standard InChI is InChI=1S/C17H18ClN5O/c1-11-17(18)12(2)23(21-11)10-16(24)22(3)9-13-8-19-14-6-4-5-7-15(14)20-13/h4-8H,9-10H2,1-3H3. The summed E-state index contributed by atoms with van der Waals surface area (Å²) in [5.41, 5.74) is 3.93. The highest BCUT2D eigenvalue weighted by Gasteiger charge is 2.15. The molecule has 1 amide bonds. The average Bonchev–Trinajstić information content (AvgIpc) is 2.81. The van der Waals surface area contributed by atoms with Gasteiger partial charge in [0.25, 0.3) is 0 Å². The van der Waals surface area contributed by atoms with Gasteiger partial charge in [0.15, 0.2) is 0 Å². The van der Waals surface area contributed by atoms with Crippen LogP contribution in [-0.2, 0) is 17.9 Å². The van der Waals surface area contributed by atoms with Gasteiger partial charge in [0.05, 0.1) is 45.9 Å². The summed E-state index contributed by atoms with van der Waals surface area (Å²) in [6.45, 7) is 4.22. The second-order valence-electron chi connectivity index (χ2n) is 5.74. The topological polar surface area (TPSA) is 63.9 Å². The third-order valence-corrected chi connectivity index (χ3v) is 4.45. The van der Waals surface area contributed by atoms with Crippen molar-refractivity contribution in [3.05, 3.63) is 52.6 Å². The van der Waals surface area contributed by atoms with Crippen molar-refractivity contribution in [1.29, 1.82) is 0 Å². The quantitative estimate of drug-likeness (QED) is 0.730. The first-order chi connectivity index (χ1) is 11.5. The van der Waals surface area contributed by atoms with Crippen LogP contribution in [0.25, 0.3) is 11.0 Å². The highest BCUT2D eigenvalue weighted by Crippen LogP contribution is 2.19. The molecule has 3 aromatic rings. The summed E-state index contributed by atoms with van der Waals surface area (Å²) in [7, 11) is 1.74. The summed E-state index contributed by atoms with van der Waals surface area (Å²) in [6.07, 6.45) is 1.70. The maximum absolute atomic E-state index is 12.4. The van der Waals surface area contributed by atoms with E-state index in [4.69, 9.17) is 11.6 Å². The van der Waals surface area contributed by atoms with Crippen molar-refractivity contribution in [2.45, 2.75) is 26.9 Å². The Bertz CT molecular complexity index is 905. The van der Waals surface area contributed by atoms with Crippen LogP contribution in [0.3, 0.4) is 0 Å². The molecular weight excluding hydrogens is 326 g/mol. The van der Waals surface area contributed by atoms with E-state index < -0.39 is 0 Å². The molecule has 2 heterocycles. The number of aromatic nitrogens is 4. The zero-order chi connectivity index (χ0) is 17.3. The molecular formula is C17H18ClN5O. The molecule has 0 aliphatic rings. The number of para-hydroxylation sites is 2. The van der Waals surface area contributed by atoms with Gasteiger partial charge < -0.3 is 4.90 Å². The number of rotatable bonds is 4. The predicted octanol–water partition coefficient (Wildman–Crippen LogP) is 2.76. The molecule has 1 aromatic carbocycles. The Kier molecular flexibility index (Phi) is 4.49. The van der Waals surface area contributed by atoms with Crippen LogP contribution in [0, 0.1) is 13.8 Å². The molecule has 0 radical (unpaired) electrons. The Morgan fingerprint density at radius 3 is 2.62 bits per heavy atom. The van der Waals surface area contributed by atoms with Crippen LogP contribution in [0.1, 0.15) is 17.1 Å². The Morgan fingerprint density at radius 1 is 1.25 bits per heavy atom. The van der Waals surface area contributed by atoms with Crippen molar-refractivity contribution in [2.75, 3.05) is 7.05 Å². The van der Waals surface area contributed by atoms with Gasteiger partial charge in [-0.25, -0.2) is 4.98 Å². The van der Waals surface area contributed by atoms with Gasteiger partial charge in [-0.2, -0.15) is 5.10 Å². The number of fused-ring (bicyclic) bond motifs is 1. The highest BCUT2D eigenvalue weighted by atomic mass is 35.5. The number of amides is 1. The van der Waals surface area contributed by atoms with Crippen LogP contribution >= 0.6 is 11.6 Å². The second-order valence-corrected chi connectivity index (χ2v) is 6.12. The third-order valence-electron chi connectivity index (χ3n) is 3.90. The van der Waals surface area contributed by atoms with Gasteiger partial charge in [-0.1, -0.05) is 23.7 Å². The molecule has 124 valence electrons. The first kappa shape index (κ1) is 16.4. The molecule has 0 aliphatic carbocycles. The zero-order valence-electron chi connectivity index (χ0n) is 13.8. The highest BCUT2D eigenvalue weighted by molar-refractivity contribution is 6.31. The van der Waals surface area contributed by atoms with Crippen molar-refractivity contribution in [2.24, 2.45) is 0 Å². The fraction of sp³-hybridized carbons (Fsp3) is 0.294. The van der Waals surface area contributed by atoms with Crippen molar-refractivity contribution in [3.63, 3.8) is 0 Å². The van der Waals surface area contributed by atoms with Crippen LogP contribution < -0.4 is 0 Å². The Labute approximate surface area is 145 Å². The van der Waals surface area contributed by atoms with Crippen molar-refractivity contribution in [3.8, 4) is 0 Å². The molecule has 7 heteroatoms. The third kappa shape index (κ3) is 3.23. The van der Waals surface area contributed by atoms with Gasteiger partial charge in [0.2, 0.25) is 5.91 Å².